The summed E-state index contributed by atoms with van der Waals surface area (Å²) in [4.78, 5) is 44.8. The van der Waals surface area contributed by atoms with Gasteiger partial charge in [0, 0.05) is 13.1 Å². The van der Waals surface area contributed by atoms with Crippen molar-refractivity contribution >= 4 is 28.9 Å². The normalized spacial score (nSPS) is 12.4. The Morgan fingerprint density at radius 3 is 2.90 bits per heavy atom. The van der Waals surface area contributed by atoms with Crippen LogP contribution in [0.2, 0.25) is 0 Å². The summed E-state index contributed by atoms with van der Waals surface area (Å²) < 4.78 is 6.26. The van der Waals surface area contributed by atoms with Gasteiger partial charge in [0.2, 0.25) is 5.78 Å². The lowest BCUT2D eigenvalue weighted by atomic mass is 10.1. The molecule has 4 rings (SSSR count). The zero-order valence-corrected chi connectivity index (χ0v) is 15.9. The Balaban J connectivity index is 1.54. The number of allylic oxidation sites excluding steroid dienone is 1. The second-order valence-electron chi connectivity index (χ2n) is 6.79. The number of pyridine rings is 1. The number of esters is 1. The average Bonchev–Trinajstić information content (AvgIpc) is 2.99. The van der Waals surface area contributed by atoms with Gasteiger partial charge >= 0.3 is 5.97 Å². The third-order valence-electron chi connectivity index (χ3n) is 4.73. The molecule has 1 aliphatic heterocycles. The summed E-state index contributed by atoms with van der Waals surface area (Å²) in [6.45, 7) is 1.83. The number of benzene rings is 1. The van der Waals surface area contributed by atoms with E-state index in [2.05, 4.69) is 9.97 Å². The van der Waals surface area contributed by atoms with Gasteiger partial charge in [-0.05, 0) is 49.1 Å². The van der Waals surface area contributed by atoms with Gasteiger partial charge in [0.05, 0.1) is 23.2 Å². The number of nitrogens with zero attached hydrogens (tertiary/aromatic N) is 3. The van der Waals surface area contributed by atoms with E-state index in [1.54, 1.807) is 30.5 Å². The highest BCUT2D eigenvalue weighted by Crippen LogP contribution is 2.27. The van der Waals surface area contributed by atoms with Crippen LogP contribution in [-0.4, -0.2) is 32.9 Å². The van der Waals surface area contributed by atoms with Crippen LogP contribution in [0.25, 0.3) is 22.8 Å². The minimum absolute atomic E-state index is 0.0998. The van der Waals surface area contributed by atoms with E-state index < -0.39 is 0 Å². The number of hydrogen-bond acceptors (Lipinski definition) is 6. The van der Waals surface area contributed by atoms with Crippen LogP contribution in [0.15, 0.2) is 47.4 Å². The first-order valence-corrected chi connectivity index (χ1v) is 9.43. The number of unbranched alkanes of at least 4 members (excludes halogenated alkanes) is 2. The molecule has 3 heterocycles. The molecule has 0 saturated carbocycles. The van der Waals surface area contributed by atoms with Crippen molar-refractivity contribution in [1.82, 2.24) is 14.5 Å². The smallest absolute Gasteiger partial charge is 0.302 e. The molecule has 2 aromatic heterocycles. The molecule has 0 radical (unpaired) electrons. The van der Waals surface area contributed by atoms with E-state index in [4.69, 9.17) is 4.74 Å². The zero-order chi connectivity index (χ0) is 20.4. The van der Waals surface area contributed by atoms with Crippen LogP contribution in [0.5, 0.6) is 0 Å². The minimum atomic E-state index is -0.290. The molecule has 3 aromatic rings. The molecule has 0 saturated heterocycles. The lowest BCUT2D eigenvalue weighted by Crippen LogP contribution is -2.21. The van der Waals surface area contributed by atoms with Gasteiger partial charge in [-0.15, -0.1) is 0 Å². The second kappa shape index (κ2) is 7.79. The monoisotopic (exact) mass is 389 g/mol. The third kappa shape index (κ3) is 3.59. The molecule has 0 amide bonds. The molecule has 0 unspecified atom stereocenters. The maximum atomic E-state index is 12.8. The lowest BCUT2D eigenvalue weighted by Gasteiger charge is -2.05. The van der Waals surface area contributed by atoms with Crippen molar-refractivity contribution in [3.8, 4) is 5.69 Å². The molecular weight excluding hydrogens is 370 g/mol. The Hall–Kier alpha value is -3.61. The van der Waals surface area contributed by atoms with Crippen molar-refractivity contribution in [2.75, 3.05) is 6.61 Å². The molecule has 0 fully saturated rings. The predicted molar refractivity (Wildman–Crippen MR) is 108 cm³/mol. The van der Waals surface area contributed by atoms with E-state index in [1.165, 1.54) is 11.5 Å². The highest BCUT2D eigenvalue weighted by atomic mass is 16.5. The Morgan fingerprint density at radius 2 is 2.07 bits per heavy atom. The summed E-state index contributed by atoms with van der Waals surface area (Å²) in [5.74, 6) is -0.439. The molecule has 0 atom stereocenters. The number of fused-ring (bicyclic) bond motifs is 4. The molecule has 7 nitrogen and oxygen atoms in total. The molecule has 29 heavy (non-hydrogen) atoms. The predicted octanol–water partition coefficient (Wildman–Crippen LogP) is 3.07. The van der Waals surface area contributed by atoms with Gasteiger partial charge in [0.25, 0.3) is 5.56 Å². The van der Waals surface area contributed by atoms with Crippen molar-refractivity contribution < 1.29 is 14.3 Å². The SMILES string of the molecule is CC(=O)OCCCCC=Cc1ccc2c(c1)C(=O)c1nc3ncccc3c(=O)n1-2. The van der Waals surface area contributed by atoms with Crippen molar-refractivity contribution in [3.05, 3.63) is 69.9 Å². The summed E-state index contributed by atoms with van der Waals surface area (Å²) in [6, 6.07) is 8.76. The number of carbonyl (C=O) groups is 2. The largest absolute Gasteiger partial charge is 0.466 e. The molecule has 1 aromatic carbocycles. The number of hydrogen-bond donors (Lipinski definition) is 0. The Labute approximate surface area is 166 Å². The standard InChI is InChI=1S/C22H19N3O4/c1-14(26)29-12-5-3-2-4-7-15-9-10-18-17(13-15)19(27)21-24-20-16(8-6-11-23-20)22(28)25(18)21/h4,6-11,13H,2-3,5,12H2,1H3. The van der Waals surface area contributed by atoms with E-state index in [9.17, 15) is 14.4 Å². The minimum Gasteiger partial charge on any atom is -0.466 e. The van der Waals surface area contributed by atoms with Gasteiger partial charge in [-0.25, -0.2) is 9.97 Å². The van der Waals surface area contributed by atoms with Gasteiger partial charge in [0.1, 0.15) is 0 Å². The van der Waals surface area contributed by atoms with Crippen LogP contribution in [0, 0.1) is 0 Å². The molecular formula is C22H19N3O4. The Bertz CT molecular complexity index is 1210. The van der Waals surface area contributed by atoms with Gasteiger partial charge < -0.3 is 4.74 Å². The van der Waals surface area contributed by atoms with E-state index in [-0.39, 0.29) is 28.8 Å². The van der Waals surface area contributed by atoms with Crippen LogP contribution >= 0.6 is 0 Å². The summed E-state index contributed by atoms with van der Waals surface area (Å²) in [6.07, 6.45) is 8.05. The number of carbonyl (C=O) groups excluding carboxylic acids is 2. The van der Waals surface area contributed by atoms with Crippen LogP contribution in [0.4, 0.5) is 0 Å². The highest BCUT2D eigenvalue weighted by Gasteiger charge is 2.30. The summed E-state index contributed by atoms with van der Waals surface area (Å²) in [7, 11) is 0. The lowest BCUT2D eigenvalue weighted by molar-refractivity contribution is -0.141. The summed E-state index contributed by atoms with van der Waals surface area (Å²) >= 11 is 0. The van der Waals surface area contributed by atoms with Crippen LogP contribution in [-0.2, 0) is 9.53 Å². The summed E-state index contributed by atoms with van der Waals surface area (Å²) in [5, 5.41) is 0.384. The molecule has 0 spiro atoms. The van der Waals surface area contributed by atoms with E-state index in [0.29, 0.717) is 23.2 Å². The van der Waals surface area contributed by atoms with Crippen LogP contribution in [0.1, 0.15) is 47.9 Å². The van der Waals surface area contributed by atoms with Gasteiger partial charge in [-0.2, -0.15) is 0 Å². The topological polar surface area (TPSA) is 91.2 Å². The first kappa shape index (κ1) is 18.7. The van der Waals surface area contributed by atoms with Gasteiger partial charge in [-0.3, -0.25) is 19.0 Å². The number of rotatable bonds is 6. The van der Waals surface area contributed by atoms with Crippen molar-refractivity contribution in [2.24, 2.45) is 0 Å². The average molecular weight is 389 g/mol. The number of ether oxygens (including phenoxy) is 1. The zero-order valence-electron chi connectivity index (χ0n) is 15.9. The maximum absolute atomic E-state index is 12.8. The first-order chi connectivity index (χ1) is 14.1. The Morgan fingerprint density at radius 1 is 1.21 bits per heavy atom. The maximum Gasteiger partial charge on any atom is 0.302 e. The summed E-state index contributed by atoms with van der Waals surface area (Å²) in [5.41, 5.74) is 1.87. The number of aromatic nitrogens is 3. The quantitative estimate of drug-likeness (QED) is 0.372. The van der Waals surface area contributed by atoms with Crippen LogP contribution < -0.4 is 5.56 Å². The molecule has 0 N–H and O–H groups in total. The van der Waals surface area contributed by atoms with Crippen molar-refractivity contribution in [3.63, 3.8) is 0 Å². The second-order valence-corrected chi connectivity index (χ2v) is 6.79. The fourth-order valence-electron chi connectivity index (χ4n) is 3.35. The van der Waals surface area contributed by atoms with E-state index in [0.717, 1.165) is 24.8 Å². The van der Waals surface area contributed by atoms with Crippen molar-refractivity contribution in [1.29, 1.82) is 0 Å². The third-order valence-corrected chi connectivity index (χ3v) is 4.73. The van der Waals surface area contributed by atoms with E-state index >= 15 is 0 Å². The van der Waals surface area contributed by atoms with Gasteiger partial charge in [-0.1, -0.05) is 18.2 Å². The van der Waals surface area contributed by atoms with Crippen molar-refractivity contribution in [2.45, 2.75) is 26.2 Å². The van der Waals surface area contributed by atoms with E-state index in [1.807, 2.05) is 18.2 Å². The molecule has 146 valence electrons. The molecule has 0 aliphatic carbocycles. The molecule has 1 aliphatic rings. The fourth-order valence-corrected chi connectivity index (χ4v) is 3.35. The first-order valence-electron chi connectivity index (χ1n) is 9.43. The fraction of sp³-hybridized carbons (Fsp3) is 0.227. The van der Waals surface area contributed by atoms with Crippen LogP contribution in [0.3, 0.4) is 0 Å². The highest BCUT2D eigenvalue weighted by molar-refractivity contribution is 6.13. The Kier molecular flexibility index (Phi) is 5.03. The number of ketones is 1. The molecule has 0 bridgehead atoms. The van der Waals surface area contributed by atoms with Gasteiger partial charge in [0.15, 0.2) is 11.5 Å². The molecule has 7 heteroatoms.